The van der Waals surface area contributed by atoms with Crippen molar-refractivity contribution in [3.8, 4) is 0 Å². The zero-order valence-corrected chi connectivity index (χ0v) is 17.0. The van der Waals surface area contributed by atoms with Gasteiger partial charge in [-0.2, -0.15) is 5.10 Å². The van der Waals surface area contributed by atoms with Gasteiger partial charge in [0.15, 0.2) is 9.84 Å². The number of hydrogen-bond donors (Lipinski definition) is 1. The molecule has 0 radical (unpaired) electrons. The van der Waals surface area contributed by atoms with Crippen LogP contribution in [0.2, 0.25) is 5.02 Å². The summed E-state index contributed by atoms with van der Waals surface area (Å²) in [6, 6.07) is 10.7. The number of halogens is 1. The molecule has 0 spiro atoms. The van der Waals surface area contributed by atoms with E-state index in [2.05, 4.69) is 10.5 Å². The highest BCUT2D eigenvalue weighted by Gasteiger charge is 2.15. The maximum absolute atomic E-state index is 11.8. The van der Waals surface area contributed by atoms with E-state index in [-0.39, 0.29) is 17.4 Å². The third kappa shape index (κ3) is 5.93. The van der Waals surface area contributed by atoms with Crippen LogP contribution in [0.15, 0.2) is 41.5 Å². The highest BCUT2D eigenvalue weighted by molar-refractivity contribution is 7.90. The van der Waals surface area contributed by atoms with E-state index in [0.717, 1.165) is 21.7 Å². The van der Waals surface area contributed by atoms with Crippen molar-refractivity contribution in [2.75, 3.05) is 5.75 Å². The van der Waals surface area contributed by atoms with Gasteiger partial charge in [0, 0.05) is 27.6 Å². The average Bonchev–Trinajstić information content (AvgIpc) is 3.04. The molecule has 1 aromatic carbocycles. The van der Waals surface area contributed by atoms with Crippen LogP contribution in [-0.4, -0.2) is 25.8 Å². The lowest BCUT2D eigenvalue weighted by Crippen LogP contribution is -2.19. The Bertz CT molecular complexity index is 887. The third-order valence-electron chi connectivity index (χ3n) is 3.58. The summed E-state index contributed by atoms with van der Waals surface area (Å²) in [7, 11) is -3.10. The number of rotatable bonds is 8. The Morgan fingerprint density at radius 1 is 1.15 bits per heavy atom. The molecular formula is C18H21ClN2O3S2. The van der Waals surface area contributed by atoms with E-state index in [9.17, 15) is 13.2 Å². The van der Waals surface area contributed by atoms with E-state index in [0.29, 0.717) is 17.2 Å². The minimum atomic E-state index is -3.10. The van der Waals surface area contributed by atoms with Crippen molar-refractivity contribution in [2.24, 2.45) is 5.10 Å². The van der Waals surface area contributed by atoms with Gasteiger partial charge in [-0.3, -0.25) is 4.79 Å². The Balaban J connectivity index is 2.35. The zero-order valence-electron chi connectivity index (χ0n) is 14.7. The standard InChI is InChI=1S/C18H21ClN2O3S2/c1-3-5-17(22)20-21-18(13-6-8-14(19)9-7-13)16-11-10-15(25-16)12-26(23,24)4-2/h6-11H,3-5,12H2,1-2H3,(H,20,22). The van der Waals surface area contributed by atoms with Crippen LogP contribution in [-0.2, 0) is 20.4 Å². The van der Waals surface area contributed by atoms with Gasteiger partial charge in [-0.1, -0.05) is 37.6 Å². The first-order valence-corrected chi connectivity index (χ1v) is 11.3. The molecule has 2 rings (SSSR count). The normalized spacial score (nSPS) is 12.2. The van der Waals surface area contributed by atoms with E-state index in [4.69, 9.17) is 11.6 Å². The lowest BCUT2D eigenvalue weighted by atomic mass is 10.1. The molecule has 1 heterocycles. The SMILES string of the molecule is CCCC(=O)NN=C(c1ccc(Cl)cc1)c1ccc(CS(=O)(=O)CC)s1. The van der Waals surface area contributed by atoms with E-state index in [1.165, 1.54) is 11.3 Å². The van der Waals surface area contributed by atoms with E-state index in [1.807, 2.05) is 25.1 Å². The molecule has 0 aliphatic heterocycles. The van der Waals surface area contributed by atoms with Crippen LogP contribution >= 0.6 is 22.9 Å². The lowest BCUT2D eigenvalue weighted by Gasteiger charge is -2.06. The molecular weight excluding hydrogens is 392 g/mol. The first kappa shape index (κ1) is 20.6. The summed E-state index contributed by atoms with van der Waals surface area (Å²) < 4.78 is 23.7. The summed E-state index contributed by atoms with van der Waals surface area (Å²) >= 11 is 7.30. The van der Waals surface area contributed by atoms with Crippen LogP contribution in [0.25, 0.3) is 0 Å². The van der Waals surface area contributed by atoms with E-state index in [1.54, 1.807) is 25.1 Å². The van der Waals surface area contributed by atoms with Crippen molar-refractivity contribution in [1.82, 2.24) is 5.43 Å². The van der Waals surface area contributed by atoms with Gasteiger partial charge in [0.1, 0.15) is 5.71 Å². The molecule has 0 aliphatic carbocycles. The van der Waals surface area contributed by atoms with Gasteiger partial charge in [0.05, 0.1) is 10.6 Å². The van der Waals surface area contributed by atoms with Crippen LogP contribution in [0.1, 0.15) is 42.0 Å². The molecule has 0 fully saturated rings. The second kappa shape index (κ2) is 9.30. The molecule has 1 amide bonds. The van der Waals surface area contributed by atoms with E-state index < -0.39 is 9.84 Å². The van der Waals surface area contributed by atoms with Gasteiger partial charge in [0.25, 0.3) is 0 Å². The smallest absolute Gasteiger partial charge is 0.240 e. The third-order valence-corrected chi connectivity index (χ3v) is 6.74. The van der Waals surface area contributed by atoms with Crippen LogP contribution in [0, 0.1) is 0 Å². The predicted octanol–water partition coefficient (Wildman–Crippen LogP) is 4.00. The van der Waals surface area contributed by atoms with Crippen molar-refractivity contribution in [3.05, 3.63) is 56.7 Å². The summed E-state index contributed by atoms with van der Waals surface area (Å²) in [4.78, 5) is 13.3. The summed E-state index contributed by atoms with van der Waals surface area (Å²) in [6.45, 7) is 3.55. The van der Waals surface area contributed by atoms with Gasteiger partial charge in [-0.05, 0) is 30.7 Å². The highest BCUT2D eigenvalue weighted by atomic mass is 35.5. The minimum Gasteiger partial charge on any atom is -0.273 e. The Hall–Kier alpha value is -1.70. The maximum Gasteiger partial charge on any atom is 0.240 e. The van der Waals surface area contributed by atoms with Crippen molar-refractivity contribution in [3.63, 3.8) is 0 Å². The first-order valence-electron chi connectivity index (χ1n) is 8.26. The molecule has 140 valence electrons. The Morgan fingerprint density at radius 3 is 2.46 bits per heavy atom. The number of hydrogen-bond acceptors (Lipinski definition) is 5. The number of sulfone groups is 1. The predicted molar refractivity (Wildman–Crippen MR) is 108 cm³/mol. The average molecular weight is 413 g/mol. The number of nitrogens with one attached hydrogen (secondary N) is 1. The zero-order chi connectivity index (χ0) is 19.2. The minimum absolute atomic E-state index is 0.00422. The number of carbonyl (C=O) groups excluding carboxylic acids is 1. The molecule has 0 saturated carbocycles. The topological polar surface area (TPSA) is 75.6 Å². The van der Waals surface area contributed by atoms with Crippen LogP contribution in [0.5, 0.6) is 0 Å². The van der Waals surface area contributed by atoms with Crippen molar-refractivity contribution < 1.29 is 13.2 Å². The van der Waals surface area contributed by atoms with Gasteiger partial charge >= 0.3 is 0 Å². The second-order valence-corrected chi connectivity index (χ2v) is 9.65. The highest BCUT2D eigenvalue weighted by Crippen LogP contribution is 2.23. The molecule has 0 atom stereocenters. The number of hydrazone groups is 1. The van der Waals surface area contributed by atoms with Gasteiger partial charge in [-0.15, -0.1) is 11.3 Å². The van der Waals surface area contributed by atoms with Crippen LogP contribution < -0.4 is 5.43 Å². The van der Waals surface area contributed by atoms with Gasteiger partial charge in [-0.25, -0.2) is 13.8 Å². The molecule has 0 aliphatic rings. The van der Waals surface area contributed by atoms with Crippen LogP contribution in [0.3, 0.4) is 0 Å². The van der Waals surface area contributed by atoms with Crippen molar-refractivity contribution in [1.29, 1.82) is 0 Å². The number of carbonyl (C=O) groups is 1. The molecule has 0 unspecified atom stereocenters. The summed E-state index contributed by atoms with van der Waals surface area (Å²) in [5, 5.41) is 4.88. The summed E-state index contributed by atoms with van der Waals surface area (Å²) in [5.74, 6) is -0.0558. The van der Waals surface area contributed by atoms with Crippen molar-refractivity contribution in [2.45, 2.75) is 32.4 Å². The molecule has 0 bridgehead atoms. The Kier molecular flexibility index (Phi) is 7.37. The molecule has 26 heavy (non-hydrogen) atoms. The number of amides is 1. The van der Waals surface area contributed by atoms with Crippen LogP contribution in [0.4, 0.5) is 0 Å². The molecule has 1 N–H and O–H groups in total. The number of benzene rings is 1. The lowest BCUT2D eigenvalue weighted by molar-refractivity contribution is -0.121. The molecule has 0 saturated heterocycles. The second-order valence-electron chi connectivity index (χ2n) is 5.69. The van der Waals surface area contributed by atoms with Gasteiger partial charge in [0.2, 0.25) is 5.91 Å². The Morgan fingerprint density at radius 2 is 1.85 bits per heavy atom. The molecule has 8 heteroatoms. The number of nitrogens with zero attached hydrogens (tertiary/aromatic N) is 1. The molecule has 2 aromatic rings. The Labute approximate surface area is 163 Å². The largest absolute Gasteiger partial charge is 0.273 e. The first-order chi connectivity index (χ1) is 12.3. The monoisotopic (exact) mass is 412 g/mol. The molecule has 5 nitrogen and oxygen atoms in total. The summed E-state index contributed by atoms with van der Waals surface area (Å²) in [5.41, 5.74) is 3.94. The fraction of sp³-hybridized carbons (Fsp3) is 0.333. The quantitative estimate of drug-likeness (QED) is 0.525. The number of thiophene rings is 1. The molecule has 1 aromatic heterocycles. The fourth-order valence-corrected chi connectivity index (χ4v) is 4.62. The maximum atomic E-state index is 11.8. The van der Waals surface area contributed by atoms with Gasteiger partial charge < -0.3 is 0 Å². The fourth-order valence-electron chi connectivity index (χ4n) is 2.17. The van der Waals surface area contributed by atoms with Crippen molar-refractivity contribution >= 4 is 44.4 Å². The summed E-state index contributed by atoms with van der Waals surface area (Å²) in [6.07, 6.45) is 1.12. The van der Waals surface area contributed by atoms with E-state index >= 15 is 0 Å².